The summed E-state index contributed by atoms with van der Waals surface area (Å²) in [6, 6.07) is 6.52. The molecule has 0 radical (unpaired) electrons. The summed E-state index contributed by atoms with van der Waals surface area (Å²) in [6.45, 7) is 1.82. The van der Waals surface area contributed by atoms with Crippen molar-refractivity contribution in [1.29, 1.82) is 0 Å². The van der Waals surface area contributed by atoms with E-state index in [-0.39, 0.29) is 50.8 Å². The minimum atomic E-state index is -2.26. The number of para-hydroxylation sites is 2. The summed E-state index contributed by atoms with van der Waals surface area (Å²) in [5.74, 6) is 0.244. The van der Waals surface area contributed by atoms with Gasteiger partial charge in [-0.3, -0.25) is 14.6 Å². The normalized spacial score (nSPS) is 20.4. The van der Waals surface area contributed by atoms with E-state index in [9.17, 15) is 9.90 Å². The van der Waals surface area contributed by atoms with E-state index in [1.807, 2.05) is 4.90 Å². The van der Waals surface area contributed by atoms with Gasteiger partial charge in [0, 0.05) is 39.1 Å². The highest BCUT2D eigenvalue weighted by atomic mass is 16.5. The van der Waals surface area contributed by atoms with Gasteiger partial charge < -0.3 is 14.6 Å². The van der Waals surface area contributed by atoms with Crippen LogP contribution >= 0.6 is 0 Å². The van der Waals surface area contributed by atoms with E-state index in [0.717, 1.165) is 0 Å². The molecule has 6 nitrogen and oxygen atoms in total. The molecule has 3 rings (SSSR count). The number of ether oxygens (including phenoxy) is 2. The van der Waals surface area contributed by atoms with Crippen molar-refractivity contribution in [1.82, 2.24) is 9.80 Å². The van der Waals surface area contributed by atoms with Crippen LogP contribution in [0.2, 0.25) is 0 Å². The Hall–Kier alpha value is -2.41. The average Bonchev–Trinajstić information content (AvgIpc) is 2.87. The third kappa shape index (κ3) is 6.79. The summed E-state index contributed by atoms with van der Waals surface area (Å²) in [7, 11) is 1.51. The van der Waals surface area contributed by atoms with Gasteiger partial charge in [0.05, 0.1) is 21.8 Å². The van der Waals surface area contributed by atoms with Crippen LogP contribution in [0.15, 0.2) is 42.4 Å². The van der Waals surface area contributed by atoms with E-state index in [0.29, 0.717) is 41.3 Å². The van der Waals surface area contributed by atoms with Crippen LogP contribution in [0, 0.1) is 13.8 Å². The van der Waals surface area contributed by atoms with Gasteiger partial charge in [-0.15, -0.1) is 0 Å². The number of nitrogens with zero attached hydrogens (tertiary/aromatic N) is 2. The molecule has 1 aliphatic rings. The number of hydrogen-bond donors (Lipinski definition) is 1. The molecular weight excluding hydrogens is 392 g/mol. The van der Waals surface area contributed by atoms with E-state index in [4.69, 9.17) is 17.7 Å². The molecule has 168 valence electrons. The maximum absolute atomic E-state index is 13.0. The second-order valence-electron chi connectivity index (χ2n) is 7.58. The number of benzene rings is 2. The van der Waals surface area contributed by atoms with Crippen LogP contribution < -0.4 is 9.47 Å². The quantitative estimate of drug-likeness (QED) is 0.622. The van der Waals surface area contributed by atoms with Gasteiger partial charge in [0.2, 0.25) is 0 Å². The monoisotopic (exact) mass is 432 g/mol. The molecular formula is C25H34N2O4. The highest BCUT2D eigenvalue weighted by Crippen LogP contribution is 2.25. The van der Waals surface area contributed by atoms with Crippen molar-refractivity contribution in [3.05, 3.63) is 59.1 Å². The first-order chi connectivity index (χ1) is 17.3. The Morgan fingerprint density at radius 3 is 2.42 bits per heavy atom. The lowest BCUT2D eigenvalue weighted by molar-refractivity contribution is -0.120. The fourth-order valence-electron chi connectivity index (χ4n) is 3.51. The van der Waals surface area contributed by atoms with Crippen LogP contribution in [0.25, 0.3) is 0 Å². The summed E-state index contributed by atoms with van der Waals surface area (Å²) < 4.78 is 60.0. The lowest BCUT2D eigenvalue weighted by Gasteiger charge is -2.35. The van der Waals surface area contributed by atoms with Crippen molar-refractivity contribution in [2.45, 2.75) is 26.3 Å². The molecule has 1 saturated heterocycles. The third-order valence-corrected chi connectivity index (χ3v) is 5.27. The molecule has 2 aromatic rings. The Balaban J connectivity index is 1.58. The van der Waals surface area contributed by atoms with Crippen LogP contribution in [0.5, 0.6) is 11.5 Å². The van der Waals surface area contributed by atoms with Gasteiger partial charge in [-0.1, -0.05) is 30.3 Å². The Labute approximate surface area is 193 Å². The van der Waals surface area contributed by atoms with Gasteiger partial charge in [0.15, 0.2) is 17.3 Å². The number of ketones is 1. The number of Topliss-reactive ketones (excluding diaryl/α,β-unsaturated/α-hetero) is 1. The Bertz CT molecular complexity index is 1110. The molecule has 1 N–H and O–H groups in total. The first-order valence-electron chi connectivity index (χ1n) is 13.3. The first kappa shape index (κ1) is 16.3. The van der Waals surface area contributed by atoms with Gasteiger partial charge in [-0.25, -0.2) is 0 Å². The van der Waals surface area contributed by atoms with Gasteiger partial charge >= 0.3 is 0 Å². The lowest BCUT2D eigenvalue weighted by Crippen LogP contribution is -2.50. The Morgan fingerprint density at radius 2 is 1.77 bits per heavy atom. The zero-order valence-electron chi connectivity index (χ0n) is 24.3. The Morgan fingerprint density at radius 1 is 1.16 bits per heavy atom. The number of aliphatic hydroxyl groups is 1. The number of β-amino-alcohol motifs (C(OH)–C–C–N with tert-alkyl or cyclic N) is 1. The van der Waals surface area contributed by atoms with Crippen molar-refractivity contribution in [2.75, 3.05) is 52.9 Å². The summed E-state index contributed by atoms with van der Waals surface area (Å²) in [5.41, 5.74) is 1.25. The molecule has 1 aliphatic heterocycles. The molecule has 0 amide bonds. The summed E-state index contributed by atoms with van der Waals surface area (Å²) in [4.78, 5) is 16.3. The summed E-state index contributed by atoms with van der Waals surface area (Å²) in [6.07, 6.45) is -2.17. The van der Waals surface area contributed by atoms with Gasteiger partial charge in [0.25, 0.3) is 0 Å². The number of piperazine rings is 1. The zero-order chi connectivity index (χ0) is 27.5. The maximum atomic E-state index is 13.0. The fraction of sp³-hybridized carbons (Fsp3) is 0.480. The van der Waals surface area contributed by atoms with E-state index in [1.54, 1.807) is 38.1 Å². The zero-order valence-corrected chi connectivity index (χ0v) is 18.3. The van der Waals surface area contributed by atoms with Crippen LogP contribution in [-0.2, 0) is 11.2 Å². The summed E-state index contributed by atoms with van der Waals surface area (Å²) in [5, 5.41) is 10.6. The van der Waals surface area contributed by atoms with Crippen molar-refractivity contribution in [3.8, 4) is 11.5 Å². The van der Waals surface area contributed by atoms with Crippen molar-refractivity contribution in [2.24, 2.45) is 0 Å². The second-order valence-corrected chi connectivity index (χ2v) is 7.58. The first-order valence-corrected chi connectivity index (χ1v) is 10.3. The molecule has 0 aromatic heterocycles. The highest BCUT2D eigenvalue weighted by Gasteiger charge is 2.21. The molecule has 0 spiro atoms. The minimum Gasteiger partial charge on any atom is -0.493 e. The van der Waals surface area contributed by atoms with Crippen molar-refractivity contribution < 1.29 is 27.6 Å². The van der Waals surface area contributed by atoms with E-state index in [1.165, 1.54) is 12.0 Å². The molecule has 0 saturated carbocycles. The fourth-order valence-corrected chi connectivity index (χ4v) is 3.51. The standard InChI is InChI=1S/C25H34N2O4/c1-19-7-6-8-20(2)23(19)15-21(28)16-26-11-13-27(14-12-26)17-22(29)18-31-25-10-5-4-9-24(25)30-3/h4-10,22,29H,11-18H2,1-3H3/i6D,7D,8D,16D2,22D. The smallest absolute Gasteiger partial charge is 0.161 e. The molecule has 0 aliphatic carbocycles. The lowest BCUT2D eigenvalue weighted by atomic mass is 9.98. The second kappa shape index (κ2) is 11.3. The predicted octanol–water partition coefficient (Wildman–Crippen LogP) is 2.48. The number of hydrogen-bond acceptors (Lipinski definition) is 6. The van der Waals surface area contributed by atoms with E-state index in [2.05, 4.69) is 0 Å². The molecule has 1 heterocycles. The number of rotatable bonds is 10. The van der Waals surface area contributed by atoms with E-state index >= 15 is 0 Å². The van der Waals surface area contributed by atoms with Crippen LogP contribution in [0.3, 0.4) is 0 Å². The van der Waals surface area contributed by atoms with Gasteiger partial charge in [-0.05, 0) is 42.7 Å². The molecule has 2 aromatic carbocycles. The molecule has 31 heavy (non-hydrogen) atoms. The number of carbonyl (C=O) groups excluding carboxylic acids is 1. The van der Waals surface area contributed by atoms with E-state index < -0.39 is 18.4 Å². The largest absolute Gasteiger partial charge is 0.493 e. The number of carbonyl (C=O) groups is 1. The summed E-state index contributed by atoms with van der Waals surface area (Å²) >= 11 is 0. The van der Waals surface area contributed by atoms with Crippen LogP contribution in [-0.4, -0.2) is 79.7 Å². The molecule has 1 fully saturated rings. The van der Waals surface area contributed by atoms with Crippen LogP contribution in [0.4, 0.5) is 0 Å². The van der Waals surface area contributed by atoms with Crippen molar-refractivity contribution >= 4 is 5.78 Å². The average molecular weight is 433 g/mol. The molecule has 1 atom stereocenters. The van der Waals surface area contributed by atoms with Crippen LogP contribution in [0.1, 0.15) is 24.9 Å². The van der Waals surface area contributed by atoms with Crippen molar-refractivity contribution in [3.63, 3.8) is 0 Å². The molecule has 1 unspecified atom stereocenters. The van der Waals surface area contributed by atoms with Gasteiger partial charge in [-0.2, -0.15) is 0 Å². The molecule has 0 bridgehead atoms. The SMILES string of the molecule is [2H]c1c([2H])c(C)c(CC(=O)C([2H])([2H])N2CCN(CC([2H])(O)COc3ccccc3OC)CC2)c(C)c1[2H]. The Kier molecular flexibility index (Phi) is 5.91. The van der Waals surface area contributed by atoms with Gasteiger partial charge in [0.1, 0.15) is 12.7 Å². The third-order valence-electron chi connectivity index (χ3n) is 5.27. The highest BCUT2D eigenvalue weighted by molar-refractivity contribution is 5.83. The minimum absolute atomic E-state index is 0.0106. The topological polar surface area (TPSA) is 62.2 Å². The predicted molar refractivity (Wildman–Crippen MR) is 122 cm³/mol. The maximum Gasteiger partial charge on any atom is 0.161 e. The molecule has 6 heteroatoms. The number of methoxy groups -OCH3 is 1.